The maximum atomic E-state index is 12.2. The number of nitrogens with one attached hydrogen (secondary N) is 1. The average molecular weight is 326 g/mol. The van der Waals surface area contributed by atoms with E-state index < -0.39 is 5.91 Å². The summed E-state index contributed by atoms with van der Waals surface area (Å²) in [4.78, 5) is 23.2. The van der Waals surface area contributed by atoms with Crippen LogP contribution >= 0.6 is 0 Å². The van der Waals surface area contributed by atoms with Crippen LogP contribution in [0.4, 0.5) is 0 Å². The summed E-state index contributed by atoms with van der Waals surface area (Å²) < 4.78 is 6.92. The Hall–Kier alpha value is -3.12. The quantitative estimate of drug-likeness (QED) is 0.370. The van der Waals surface area contributed by atoms with E-state index in [0.717, 1.165) is 11.4 Å². The molecule has 1 aromatic carbocycles. The molecule has 0 aliphatic rings. The lowest BCUT2D eigenvalue weighted by molar-refractivity contribution is -0.124. The zero-order valence-corrected chi connectivity index (χ0v) is 13.4. The molecule has 0 saturated carbocycles. The van der Waals surface area contributed by atoms with E-state index in [2.05, 4.69) is 0 Å². The van der Waals surface area contributed by atoms with Crippen LogP contribution in [0, 0.1) is 0 Å². The maximum Gasteiger partial charge on any atom is 0.267 e. The number of aromatic nitrogens is 1. The Balaban J connectivity index is 2.14. The standard InChI is InChI=1S/C18H18N2O4/c1-20-14(6-7-15(20)9-11-18(22)19-23)8-10-17(21)13-4-3-5-16(12-13)24-2/h3-12,23H,1-2H3,(H,19,22)/b10-8+,11-9+. The van der Waals surface area contributed by atoms with E-state index in [9.17, 15) is 9.59 Å². The van der Waals surface area contributed by atoms with Crippen molar-refractivity contribution in [2.75, 3.05) is 7.11 Å². The topological polar surface area (TPSA) is 80.6 Å². The lowest BCUT2D eigenvalue weighted by Crippen LogP contribution is -2.14. The van der Waals surface area contributed by atoms with Crippen molar-refractivity contribution in [2.24, 2.45) is 7.05 Å². The van der Waals surface area contributed by atoms with Gasteiger partial charge in [-0.15, -0.1) is 0 Å². The van der Waals surface area contributed by atoms with Gasteiger partial charge in [-0.2, -0.15) is 0 Å². The second kappa shape index (κ2) is 7.94. The molecule has 0 atom stereocenters. The van der Waals surface area contributed by atoms with Crippen LogP contribution in [0.3, 0.4) is 0 Å². The number of hydroxylamine groups is 1. The lowest BCUT2D eigenvalue weighted by atomic mass is 10.1. The molecule has 0 aliphatic heterocycles. The van der Waals surface area contributed by atoms with Gasteiger partial charge in [0.2, 0.25) is 0 Å². The van der Waals surface area contributed by atoms with Crippen molar-refractivity contribution in [3.63, 3.8) is 0 Å². The summed E-state index contributed by atoms with van der Waals surface area (Å²) in [6.45, 7) is 0. The molecule has 2 N–H and O–H groups in total. The smallest absolute Gasteiger partial charge is 0.267 e. The highest BCUT2D eigenvalue weighted by Crippen LogP contribution is 2.15. The number of hydrogen-bond acceptors (Lipinski definition) is 4. The van der Waals surface area contributed by atoms with Gasteiger partial charge in [0.05, 0.1) is 7.11 Å². The van der Waals surface area contributed by atoms with Gasteiger partial charge in [-0.05, 0) is 42.5 Å². The highest BCUT2D eigenvalue weighted by atomic mass is 16.5. The largest absolute Gasteiger partial charge is 0.497 e. The van der Waals surface area contributed by atoms with E-state index in [0.29, 0.717) is 11.3 Å². The second-order valence-corrected chi connectivity index (χ2v) is 4.98. The Kier molecular flexibility index (Phi) is 5.70. The number of ether oxygens (including phenoxy) is 1. The zero-order valence-electron chi connectivity index (χ0n) is 13.4. The molecule has 6 nitrogen and oxygen atoms in total. The maximum absolute atomic E-state index is 12.2. The monoisotopic (exact) mass is 326 g/mol. The molecule has 6 heteroatoms. The molecule has 1 amide bonds. The summed E-state index contributed by atoms with van der Waals surface area (Å²) in [6.07, 6.45) is 5.96. The van der Waals surface area contributed by atoms with Crippen LogP contribution < -0.4 is 10.2 Å². The Labute approximate surface area is 139 Å². The first kappa shape index (κ1) is 17.2. The van der Waals surface area contributed by atoms with E-state index >= 15 is 0 Å². The van der Waals surface area contributed by atoms with Crippen LogP contribution in [0.1, 0.15) is 21.7 Å². The fourth-order valence-corrected chi connectivity index (χ4v) is 2.11. The fourth-order valence-electron chi connectivity index (χ4n) is 2.11. The third-order valence-electron chi connectivity index (χ3n) is 3.47. The van der Waals surface area contributed by atoms with Crippen LogP contribution in [0.5, 0.6) is 5.75 Å². The van der Waals surface area contributed by atoms with Gasteiger partial charge in [0.25, 0.3) is 5.91 Å². The molecule has 2 aromatic rings. The molecule has 124 valence electrons. The van der Waals surface area contributed by atoms with Gasteiger partial charge in [-0.25, -0.2) is 5.48 Å². The first-order valence-electron chi connectivity index (χ1n) is 7.19. The van der Waals surface area contributed by atoms with Crippen LogP contribution in [0.15, 0.2) is 48.6 Å². The molecular formula is C18H18N2O4. The molecule has 0 spiro atoms. The first-order chi connectivity index (χ1) is 11.5. The van der Waals surface area contributed by atoms with Gasteiger partial charge in [0.15, 0.2) is 5.78 Å². The number of rotatable bonds is 6. The number of nitrogens with zero attached hydrogens (tertiary/aromatic N) is 1. The minimum atomic E-state index is -0.610. The van der Waals surface area contributed by atoms with Crippen LogP contribution in [-0.4, -0.2) is 28.6 Å². The van der Waals surface area contributed by atoms with E-state index in [-0.39, 0.29) is 5.78 Å². The van der Waals surface area contributed by atoms with E-state index in [1.54, 1.807) is 49.6 Å². The molecule has 1 heterocycles. The van der Waals surface area contributed by atoms with Crippen molar-refractivity contribution in [1.29, 1.82) is 0 Å². The highest BCUT2D eigenvalue weighted by molar-refractivity contribution is 6.07. The van der Waals surface area contributed by atoms with Crippen LogP contribution in [0.25, 0.3) is 12.2 Å². The van der Waals surface area contributed by atoms with Gasteiger partial charge < -0.3 is 9.30 Å². The van der Waals surface area contributed by atoms with Crippen molar-refractivity contribution in [1.82, 2.24) is 10.0 Å². The Morgan fingerprint density at radius 1 is 1.12 bits per heavy atom. The van der Waals surface area contributed by atoms with Crippen molar-refractivity contribution in [3.05, 3.63) is 65.5 Å². The van der Waals surface area contributed by atoms with Gasteiger partial charge in [0.1, 0.15) is 5.75 Å². The third-order valence-corrected chi connectivity index (χ3v) is 3.47. The minimum absolute atomic E-state index is 0.133. The number of hydrogen-bond donors (Lipinski definition) is 2. The predicted molar refractivity (Wildman–Crippen MR) is 90.7 cm³/mol. The van der Waals surface area contributed by atoms with Crippen molar-refractivity contribution < 1.29 is 19.5 Å². The number of allylic oxidation sites excluding steroid dienone is 1. The van der Waals surface area contributed by atoms with Gasteiger partial charge in [-0.3, -0.25) is 14.8 Å². The number of carbonyl (C=O) groups is 2. The summed E-state index contributed by atoms with van der Waals surface area (Å²) in [5.74, 6) is -0.115. The second-order valence-electron chi connectivity index (χ2n) is 4.98. The van der Waals surface area contributed by atoms with Gasteiger partial charge in [-0.1, -0.05) is 12.1 Å². The average Bonchev–Trinajstić information content (AvgIpc) is 2.97. The summed E-state index contributed by atoms with van der Waals surface area (Å²) in [5, 5.41) is 8.46. The molecule has 0 fully saturated rings. The molecule has 0 saturated heterocycles. The summed E-state index contributed by atoms with van der Waals surface area (Å²) >= 11 is 0. The summed E-state index contributed by atoms with van der Waals surface area (Å²) in [7, 11) is 3.36. The number of amides is 1. The molecule has 24 heavy (non-hydrogen) atoms. The van der Waals surface area contributed by atoms with Crippen LogP contribution in [0.2, 0.25) is 0 Å². The fraction of sp³-hybridized carbons (Fsp3) is 0.111. The van der Waals surface area contributed by atoms with Crippen LogP contribution in [-0.2, 0) is 11.8 Å². The Bertz CT molecular complexity index is 803. The normalized spacial score (nSPS) is 11.1. The van der Waals surface area contributed by atoms with Crippen molar-refractivity contribution >= 4 is 23.8 Å². The molecule has 0 unspecified atom stereocenters. The SMILES string of the molecule is COc1cccc(C(=O)/C=C/c2ccc(/C=C/C(=O)NO)n2C)c1. The molecule has 0 aliphatic carbocycles. The van der Waals surface area contributed by atoms with Gasteiger partial charge in [0, 0.05) is 30.1 Å². The number of ketones is 1. The third kappa shape index (κ3) is 4.21. The molecule has 1 aromatic heterocycles. The summed E-state index contributed by atoms with van der Waals surface area (Å²) in [5.41, 5.74) is 3.62. The van der Waals surface area contributed by atoms with E-state index in [1.807, 2.05) is 17.7 Å². The van der Waals surface area contributed by atoms with Crippen molar-refractivity contribution in [2.45, 2.75) is 0 Å². The zero-order chi connectivity index (χ0) is 17.5. The first-order valence-corrected chi connectivity index (χ1v) is 7.19. The molecular weight excluding hydrogens is 308 g/mol. The minimum Gasteiger partial charge on any atom is -0.497 e. The van der Waals surface area contributed by atoms with E-state index in [4.69, 9.17) is 9.94 Å². The van der Waals surface area contributed by atoms with E-state index in [1.165, 1.54) is 17.6 Å². The highest BCUT2D eigenvalue weighted by Gasteiger charge is 2.05. The Morgan fingerprint density at radius 2 is 1.79 bits per heavy atom. The number of benzene rings is 1. The predicted octanol–water partition coefficient (Wildman–Crippen LogP) is 2.45. The summed E-state index contributed by atoms with van der Waals surface area (Å²) in [6, 6.07) is 10.6. The van der Waals surface area contributed by atoms with Gasteiger partial charge >= 0.3 is 0 Å². The molecule has 0 radical (unpaired) electrons. The lowest BCUT2D eigenvalue weighted by Gasteiger charge is -2.02. The van der Waals surface area contributed by atoms with Crippen molar-refractivity contribution in [3.8, 4) is 5.75 Å². The number of carbonyl (C=O) groups excluding carboxylic acids is 2. The molecule has 0 bridgehead atoms. The molecule has 2 rings (SSSR count). The Morgan fingerprint density at radius 3 is 2.42 bits per heavy atom. The number of methoxy groups -OCH3 is 1.